The first-order valence-electron chi connectivity index (χ1n) is 8.10. The summed E-state index contributed by atoms with van der Waals surface area (Å²) in [5.74, 6) is 0.800. The summed E-state index contributed by atoms with van der Waals surface area (Å²) in [5.41, 5.74) is 1.28. The van der Waals surface area contributed by atoms with E-state index in [9.17, 15) is 9.59 Å². The third kappa shape index (κ3) is 2.91. The molecule has 2 aromatic rings. The van der Waals surface area contributed by atoms with Gasteiger partial charge in [0.25, 0.3) is 5.91 Å². The van der Waals surface area contributed by atoms with Crippen molar-refractivity contribution in [3.8, 4) is 0 Å². The lowest BCUT2D eigenvalue weighted by Gasteiger charge is -2.21. The zero-order valence-electron chi connectivity index (χ0n) is 14.2. The lowest BCUT2D eigenvalue weighted by Crippen LogP contribution is -2.37. The Hall–Kier alpha value is -2.64. The molecule has 8 heteroatoms. The summed E-state index contributed by atoms with van der Waals surface area (Å²) in [6.45, 7) is 3.78. The number of amides is 3. The molecule has 0 radical (unpaired) electrons. The number of nitrogens with zero attached hydrogens (tertiary/aromatic N) is 5. The second-order valence-electron chi connectivity index (χ2n) is 6.17. The van der Waals surface area contributed by atoms with Crippen LogP contribution in [0.5, 0.6) is 0 Å². The Kier molecular flexibility index (Phi) is 4.37. The Morgan fingerprint density at radius 1 is 1.33 bits per heavy atom. The minimum atomic E-state index is -0.116. The minimum absolute atomic E-state index is 0.00864. The molecule has 24 heavy (non-hydrogen) atoms. The van der Waals surface area contributed by atoms with E-state index in [0.29, 0.717) is 30.8 Å². The molecule has 0 bridgehead atoms. The molecule has 1 N–H and O–H groups in total. The van der Waals surface area contributed by atoms with E-state index in [1.807, 2.05) is 16.2 Å². The van der Waals surface area contributed by atoms with E-state index < -0.39 is 0 Å². The Morgan fingerprint density at radius 3 is 2.83 bits per heavy atom. The van der Waals surface area contributed by atoms with Crippen LogP contribution in [0.3, 0.4) is 0 Å². The lowest BCUT2D eigenvalue weighted by atomic mass is 10.1. The summed E-state index contributed by atoms with van der Waals surface area (Å²) < 4.78 is 1.86. The number of fused-ring (bicyclic) bond motifs is 1. The van der Waals surface area contributed by atoms with Gasteiger partial charge in [0.15, 0.2) is 5.65 Å². The van der Waals surface area contributed by atoms with Gasteiger partial charge in [0.1, 0.15) is 5.82 Å². The molecule has 3 heterocycles. The topological polar surface area (TPSA) is 82.8 Å². The number of urea groups is 1. The van der Waals surface area contributed by atoms with Crippen LogP contribution in [0, 0.1) is 0 Å². The number of pyridine rings is 1. The van der Waals surface area contributed by atoms with Gasteiger partial charge in [-0.3, -0.25) is 9.20 Å². The molecule has 128 valence electrons. The number of carbonyl (C=O) groups is 2. The van der Waals surface area contributed by atoms with E-state index in [2.05, 4.69) is 15.5 Å². The zero-order valence-corrected chi connectivity index (χ0v) is 14.2. The molecule has 8 nitrogen and oxygen atoms in total. The van der Waals surface area contributed by atoms with Crippen molar-refractivity contribution in [3.05, 3.63) is 29.7 Å². The van der Waals surface area contributed by atoms with Gasteiger partial charge in [-0.15, -0.1) is 10.2 Å². The summed E-state index contributed by atoms with van der Waals surface area (Å²) in [4.78, 5) is 27.5. The van der Waals surface area contributed by atoms with E-state index in [1.54, 1.807) is 37.3 Å². The Labute approximate surface area is 140 Å². The maximum absolute atomic E-state index is 12.1. The van der Waals surface area contributed by atoms with Crippen molar-refractivity contribution in [2.75, 3.05) is 33.7 Å². The molecule has 1 atom stereocenters. The van der Waals surface area contributed by atoms with Gasteiger partial charge in [0.2, 0.25) is 0 Å². The predicted octanol–water partition coefficient (Wildman–Crippen LogP) is 0.950. The predicted molar refractivity (Wildman–Crippen MR) is 89.0 cm³/mol. The van der Waals surface area contributed by atoms with Gasteiger partial charge in [0.05, 0.1) is 5.56 Å². The van der Waals surface area contributed by atoms with Crippen molar-refractivity contribution in [2.45, 2.75) is 19.3 Å². The summed E-state index contributed by atoms with van der Waals surface area (Å²) in [7, 11) is 3.50. The van der Waals surface area contributed by atoms with Crippen molar-refractivity contribution in [1.29, 1.82) is 0 Å². The van der Waals surface area contributed by atoms with Crippen molar-refractivity contribution in [3.63, 3.8) is 0 Å². The van der Waals surface area contributed by atoms with Crippen LogP contribution in [0.1, 0.15) is 35.4 Å². The number of aromatic nitrogens is 3. The summed E-state index contributed by atoms with van der Waals surface area (Å²) in [6, 6.07) is 3.54. The first-order valence-corrected chi connectivity index (χ1v) is 8.10. The molecule has 2 aromatic heterocycles. The highest BCUT2D eigenvalue weighted by Gasteiger charge is 2.31. The average Bonchev–Trinajstić information content (AvgIpc) is 3.20. The summed E-state index contributed by atoms with van der Waals surface area (Å²) >= 11 is 0. The standard InChI is InChI=1S/C16H22N6O2/c1-4-17-15(23)12-5-6-13-18-19-14(22(13)10-12)11-7-8-21(9-11)16(24)20(2)3/h5-6,10-11H,4,7-9H2,1-3H3,(H,17,23)/t11-/m0/s1. The number of likely N-dealkylation sites (tertiary alicyclic amines) is 1. The Morgan fingerprint density at radius 2 is 2.12 bits per heavy atom. The van der Waals surface area contributed by atoms with Gasteiger partial charge in [-0.1, -0.05) is 0 Å². The number of rotatable bonds is 3. The van der Waals surface area contributed by atoms with Crippen LogP contribution in [-0.2, 0) is 0 Å². The smallest absolute Gasteiger partial charge is 0.319 e. The van der Waals surface area contributed by atoms with Crippen LogP contribution in [0.4, 0.5) is 4.79 Å². The van der Waals surface area contributed by atoms with Gasteiger partial charge < -0.3 is 15.1 Å². The second kappa shape index (κ2) is 6.46. The third-order valence-electron chi connectivity index (χ3n) is 4.23. The van der Waals surface area contributed by atoms with Crippen LogP contribution >= 0.6 is 0 Å². The fourth-order valence-corrected chi connectivity index (χ4v) is 3.01. The largest absolute Gasteiger partial charge is 0.352 e. The van der Waals surface area contributed by atoms with Gasteiger partial charge in [-0.05, 0) is 25.5 Å². The first kappa shape index (κ1) is 16.2. The number of hydrogen-bond acceptors (Lipinski definition) is 4. The third-order valence-corrected chi connectivity index (χ3v) is 4.23. The molecule has 1 saturated heterocycles. The molecule has 0 aromatic carbocycles. The fourth-order valence-electron chi connectivity index (χ4n) is 3.01. The molecule has 0 unspecified atom stereocenters. The van der Waals surface area contributed by atoms with Gasteiger partial charge in [-0.25, -0.2) is 4.79 Å². The number of nitrogens with one attached hydrogen (secondary N) is 1. The number of hydrogen-bond donors (Lipinski definition) is 1. The summed E-state index contributed by atoms with van der Waals surface area (Å²) in [6.07, 6.45) is 2.61. The Balaban J connectivity index is 1.86. The molecular weight excluding hydrogens is 308 g/mol. The van der Waals surface area contributed by atoms with Crippen molar-refractivity contribution in [1.82, 2.24) is 29.7 Å². The molecule has 0 aliphatic carbocycles. The van der Waals surface area contributed by atoms with Gasteiger partial charge >= 0.3 is 6.03 Å². The molecule has 0 spiro atoms. The average molecular weight is 330 g/mol. The Bertz CT molecular complexity index is 769. The molecular formula is C16H22N6O2. The molecule has 0 saturated carbocycles. The van der Waals surface area contributed by atoms with Crippen LogP contribution < -0.4 is 5.32 Å². The van der Waals surface area contributed by atoms with Crippen LogP contribution in [0.15, 0.2) is 18.3 Å². The van der Waals surface area contributed by atoms with Crippen LogP contribution in [0.25, 0.3) is 5.65 Å². The van der Waals surface area contributed by atoms with Crippen molar-refractivity contribution in [2.24, 2.45) is 0 Å². The molecule has 1 fully saturated rings. The lowest BCUT2D eigenvalue weighted by molar-refractivity contribution is 0.0955. The van der Waals surface area contributed by atoms with Crippen LogP contribution in [-0.4, -0.2) is 70.1 Å². The van der Waals surface area contributed by atoms with Gasteiger partial charge in [-0.2, -0.15) is 0 Å². The van der Waals surface area contributed by atoms with Crippen LogP contribution in [0.2, 0.25) is 0 Å². The SMILES string of the molecule is CCNC(=O)c1ccc2nnc([C@H]3CCN(C(=O)N(C)C)C3)n2c1. The molecule has 1 aliphatic heterocycles. The zero-order chi connectivity index (χ0) is 17.3. The highest BCUT2D eigenvalue weighted by Crippen LogP contribution is 2.27. The van der Waals surface area contributed by atoms with E-state index in [1.165, 1.54) is 0 Å². The highest BCUT2D eigenvalue weighted by molar-refractivity contribution is 5.94. The quantitative estimate of drug-likeness (QED) is 0.908. The van der Waals surface area contributed by atoms with E-state index in [-0.39, 0.29) is 17.9 Å². The van der Waals surface area contributed by atoms with E-state index in [4.69, 9.17) is 0 Å². The van der Waals surface area contributed by atoms with Crippen molar-refractivity contribution >= 4 is 17.6 Å². The second-order valence-corrected chi connectivity index (χ2v) is 6.17. The normalized spacial score (nSPS) is 17.3. The monoisotopic (exact) mass is 330 g/mol. The van der Waals surface area contributed by atoms with E-state index in [0.717, 1.165) is 12.2 Å². The first-order chi connectivity index (χ1) is 11.5. The number of carbonyl (C=O) groups excluding carboxylic acids is 2. The van der Waals surface area contributed by atoms with Gasteiger partial charge in [0, 0.05) is 45.8 Å². The maximum Gasteiger partial charge on any atom is 0.319 e. The summed E-state index contributed by atoms with van der Waals surface area (Å²) in [5, 5.41) is 11.3. The maximum atomic E-state index is 12.1. The fraction of sp³-hybridized carbons (Fsp3) is 0.500. The van der Waals surface area contributed by atoms with Crippen molar-refractivity contribution < 1.29 is 9.59 Å². The molecule has 3 amide bonds. The molecule has 3 rings (SSSR count). The highest BCUT2D eigenvalue weighted by atomic mass is 16.2. The molecule has 1 aliphatic rings. The minimum Gasteiger partial charge on any atom is -0.352 e. The van der Waals surface area contributed by atoms with E-state index >= 15 is 0 Å².